The molecule has 126 valence electrons. The van der Waals surface area contributed by atoms with Crippen LogP contribution in [-0.2, 0) is 17.8 Å². The van der Waals surface area contributed by atoms with E-state index in [0.717, 1.165) is 16.9 Å². The van der Waals surface area contributed by atoms with Crippen LogP contribution < -0.4 is 4.74 Å². The summed E-state index contributed by atoms with van der Waals surface area (Å²) in [7, 11) is 3.82. The van der Waals surface area contributed by atoms with Gasteiger partial charge < -0.3 is 9.47 Å². The number of rotatable bonds is 5. The van der Waals surface area contributed by atoms with Crippen LogP contribution in [0.2, 0.25) is 5.02 Å². The summed E-state index contributed by atoms with van der Waals surface area (Å²) in [6.45, 7) is 0.697. The Morgan fingerprint density at radius 1 is 1.25 bits per heavy atom. The fourth-order valence-corrected chi connectivity index (χ4v) is 3.18. The molecule has 0 spiro atoms. The molecule has 1 atom stereocenters. The van der Waals surface area contributed by atoms with Crippen molar-refractivity contribution in [1.29, 1.82) is 0 Å². The van der Waals surface area contributed by atoms with E-state index < -0.39 is 0 Å². The van der Waals surface area contributed by atoms with Crippen molar-refractivity contribution < 1.29 is 14.3 Å². The van der Waals surface area contributed by atoms with Gasteiger partial charge in [-0.25, -0.2) is 0 Å². The molecule has 2 aromatic rings. The summed E-state index contributed by atoms with van der Waals surface area (Å²) in [5.74, 6) is 0.875. The van der Waals surface area contributed by atoms with Crippen LogP contribution in [0, 0.1) is 0 Å². The Morgan fingerprint density at radius 2 is 2.00 bits per heavy atom. The lowest BCUT2D eigenvalue weighted by Gasteiger charge is -2.26. The summed E-state index contributed by atoms with van der Waals surface area (Å²) in [6.07, 6.45) is 0.531. The zero-order chi connectivity index (χ0) is 17.1. The predicted octanol–water partition coefficient (Wildman–Crippen LogP) is 3.56. The topological polar surface area (TPSA) is 38.8 Å². The number of likely N-dealkylation sites (N-methyl/N-ethyl adjacent to an activating group) is 1. The maximum absolute atomic E-state index is 12.9. The maximum Gasteiger partial charge on any atom is 0.189 e. The van der Waals surface area contributed by atoms with Crippen LogP contribution in [0.5, 0.6) is 5.75 Å². The van der Waals surface area contributed by atoms with Gasteiger partial charge in [0.25, 0.3) is 0 Å². The highest BCUT2D eigenvalue weighted by molar-refractivity contribution is 6.30. The molecule has 0 bridgehead atoms. The molecule has 0 fully saturated rings. The molecule has 0 aromatic heterocycles. The van der Waals surface area contributed by atoms with Crippen molar-refractivity contribution >= 4 is 17.4 Å². The second-order valence-corrected chi connectivity index (χ2v) is 6.51. The Bertz CT molecular complexity index is 731. The highest BCUT2D eigenvalue weighted by Crippen LogP contribution is 2.33. The summed E-state index contributed by atoms with van der Waals surface area (Å²) >= 11 is 6.23. The molecule has 5 heteroatoms. The summed E-state index contributed by atoms with van der Waals surface area (Å²) in [5, 5.41) is 0.627. The number of carbonyl (C=O) groups is 1. The molecule has 24 heavy (non-hydrogen) atoms. The Morgan fingerprint density at radius 3 is 2.71 bits per heavy atom. The maximum atomic E-state index is 12.9. The van der Waals surface area contributed by atoms with Gasteiger partial charge in [-0.3, -0.25) is 9.69 Å². The molecular weight excluding hydrogens is 326 g/mol. The van der Waals surface area contributed by atoms with Gasteiger partial charge in [-0.1, -0.05) is 41.9 Å². The van der Waals surface area contributed by atoms with Crippen molar-refractivity contribution in [2.45, 2.75) is 19.1 Å². The minimum absolute atomic E-state index is 0.0846. The van der Waals surface area contributed by atoms with Crippen LogP contribution in [0.15, 0.2) is 42.5 Å². The fourth-order valence-electron chi connectivity index (χ4n) is 2.92. The van der Waals surface area contributed by atoms with E-state index >= 15 is 0 Å². The van der Waals surface area contributed by atoms with E-state index in [1.807, 2.05) is 61.5 Å². The van der Waals surface area contributed by atoms with E-state index in [-0.39, 0.29) is 18.6 Å². The molecule has 0 aliphatic carbocycles. The number of fused-ring (bicyclic) bond motifs is 1. The van der Waals surface area contributed by atoms with Gasteiger partial charge in [-0.05, 0) is 38.2 Å². The Hall–Kier alpha value is -1.88. The zero-order valence-corrected chi connectivity index (χ0v) is 14.5. The van der Waals surface area contributed by atoms with Gasteiger partial charge in [-0.2, -0.15) is 0 Å². The Labute approximate surface area is 146 Å². The molecule has 1 aliphatic heterocycles. The molecule has 0 saturated carbocycles. The summed E-state index contributed by atoms with van der Waals surface area (Å²) in [4.78, 5) is 14.8. The number of hydrogen-bond donors (Lipinski definition) is 0. The minimum Gasteiger partial charge on any atom is -0.467 e. The lowest BCUT2D eigenvalue weighted by molar-refractivity contribution is -0.0171. The lowest BCUT2D eigenvalue weighted by Crippen LogP contribution is -2.38. The summed E-state index contributed by atoms with van der Waals surface area (Å²) in [6, 6.07) is 12.8. The molecule has 1 aliphatic rings. The van der Waals surface area contributed by atoms with Crippen LogP contribution in [0.4, 0.5) is 0 Å². The first kappa shape index (κ1) is 17.0. The molecule has 2 aromatic carbocycles. The molecule has 0 unspecified atom stereocenters. The normalized spacial score (nSPS) is 14.8. The third kappa shape index (κ3) is 3.61. The van der Waals surface area contributed by atoms with Gasteiger partial charge in [0, 0.05) is 16.1 Å². The third-order valence-corrected chi connectivity index (χ3v) is 4.37. The first-order valence-electron chi connectivity index (χ1n) is 7.84. The molecule has 4 nitrogen and oxygen atoms in total. The molecule has 0 N–H and O–H groups in total. The van der Waals surface area contributed by atoms with Crippen molar-refractivity contribution in [3.8, 4) is 5.75 Å². The number of carbonyl (C=O) groups excluding carboxylic acids is 1. The van der Waals surface area contributed by atoms with E-state index in [0.29, 0.717) is 23.6 Å². The Balaban J connectivity index is 1.92. The smallest absolute Gasteiger partial charge is 0.189 e. The van der Waals surface area contributed by atoms with Gasteiger partial charge >= 0.3 is 0 Å². The number of ketones is 1. The number of hydrogen-bond acceptors (Lipinski definition) is 4. The van der Waals surface area contributed by atoms with Crippen LogP contribution in [-0.4, -0.2) is 37.6 Å². The molecule has 1 heterocycles. The van der Waals surface area contributed by atoms with Crippen molar-refractivity contribution in [1.82, 2.24) is 4.90 Å². The van der Waals surface area contributed by atoms with Crippen molar-refractivity contribution in [2.75, 3.05) is 20.9 Å². The van der Waals surface area contributed by atoms with Crippen LogP contribution in [0.1, 0.15) is 21.5 Å². The number of benzene rings is 2. The largest absolute Gasteiger partial charge is 0.467 e. The summed E-state index contributed by atoms with van der Waals surface area (Å²) < 4.78 is 11.0. The van der Waals surface area contributed by atoms with Gasteiger partial charge in [0.1, 0.15) is 5.75 Å². The van der Waals surface area contributed by atoms with Gasteiger partial charge in [-0.15, -0.1) is 0 Å². The number of nitrogens with zero attached hydrogens (tertiary/aromatic N) is 1. The van der Waals surface area contributed by atoms with Crippen LogP contribution >= 0.6 is 11.6 Å². The highest BCUT2D eigenvalue weighted by atomic mass is 35.5. The van der Waals surface area contributed by atoms with Crippen LogP contribution in [0.25, 0.3) is 0 Å². The van der Waals surface area contributed by atoms with Gasteiger partial charge in [0.15, 0.2) is 12.6 Å². The van der Waals surface area contributed by atoms with Crippen molar-refractivity contribution in [3.63, 3.8) is 0 Å². The average Bonchev–Trinajstić information content (AvgIpc) is 2.59. The molecule has 3 rings (SSSR count). The zero-order valence-electron chi connectivity index (χ0n) is 13.8. The predicted molar refractivity (Wildman–Crippen MR) is 93.7 cm³/mol. The standard InChI is InChI=1S/C19H20ClNO3/c1-21(2)17(18(22)13-6-4-3-5-7-13)10-14-8-16(20)9-15-11-23-12-24-19(14)15/h3-9,17H,10-12H2,1-2H3/t17-/m1/s1. The number of ether oxygens (including phenoxy) is 2. The average molecular weight is 346 g/mol. The quantitative estimate of drug-likeness (QED) is 0.777. The lowest BCUT2D eigenvalue weighted by atomic mass is 9.95. The molecule has 0 radical (unpaired) electrons. The van der Waals surface area contributed by atoms with Gasteiger partial charge in [0.2, 0.25) is 0 Å². The number of Topliss-reactive ketones (excluding diaryl/α,β-unsaturated/α-hetero) is 1. The van der Waals surface area contributed by atoms with Gasteiger partial charge in [0.05, 0.1) is 12.6 Å². The molecule has 0 saturated heterocycles. The Kier molecular flexibility index (Phi) is 5.19. The van der Waals surface area contributed by atoms with E-state index in [4.69, 9.17) is 21.1 Å². The van der Waals surface area contributed by atoms with E-state index in [1.54, 1.807) is 0 Å². The van der Waals surface area contributed by atoms with Crippen LogP contribution in [0.3, 0.4) is 0 Å². The monoisotopic (exact) mass is 345 g/mol. The van der Waals surface area contributed by atoms with E-state index in [1.165, 1.54) is 0 Å². The van der Waals surface area contributed by atoms with Crippen molar-refractivity contribution in [3.05, 3.63) is 64.2 Å². The molecular formula is C19H20ClNO3. The second-order valence-electron chi connectivity index (χ2n) is 6.08. The SMILES string of the molecule is CN(C)[C@H](Cc1cc(Cl)cc2c1OCOC2)C(=O)c1ccccc1. The fraction of sp³-hybridized carbons (Fsp3) is 0.316. The second kappa shape index (κ2) is 7.34. The third-order valence-electron chi connectivity index (χ3n) is 4.15. The number of halogens is 1. The van der Waals surface area contributed by atoms with Crippen molar-refractivity contribution in [2.24, 2.45) is 0 Å². The summed E-state index contributed by atoms with van der Waals surface area (Å²) in [5.41, 5.74) is 2.56. The first-order valence-corrected chi connectivity index (χ1v) is 8.21. The first-order chi connectivity index (χ1) is 11.6. The molecule has 0 amide bonds. The minimum atomic E-state index is -0.290. The highest BCUT2D eigenvalue weighted by Gasteiger charge is 2.26. The van der Waals surface area contributed by atoms with E-state index in [2.05, 4.69) is 0 Å². The van der Waals surface area contributed by atoms with E-state index in [9.17, 15) is 4.79 Å².